The molecule has 100 valence electrons. The van der Waals surface area contributed by atoms with Crippen molar-refractivity contribution in [2.24, 2.45) is 0 Å². The first-order valence-electron chi connectivity index (χ1n) is 4.91. The van der Waals surface area contributed by atoms with Gasteiger partial charge < -0.3 is 19.5 Å². The Kier molecular flexibility index (Phi) is 3.43. The number of carboxylic acid groups (broad SMARTS) is 1. The van der Waals surface area contributed by atoms with Crippen molar-refractivity contribution in [1.82, 2.24) is 5.16 Å². The first kappa shape index (κ1) is 13.3. The molecule has 0 atom stereocenters. The zero-order chi connectivity index (χ0) is 14.2. The highest BCUT2D eigenvalue weighted by atomic mass is 79.9. The Morgan fingerprint density at radius 3 is 2.74 bits per heavy atom. The van der Waals surface area contributed by atoms with E-state index in [0.717, 1.165) is 6.07 Å². The van der Waals surface area contributed by atoms with Gasteiger partial charge in [0, 0.05) is 10.5 Å². The molecule has 0 aliphatic heterocycles. The third-order valence-electron chi connectivity index (χ3n) is 2.33. The van der Waals surface area contributed by atoms with Crippen LogP contribution in [0.15, 0.2) is 21.1 Å². The van der Waals surface area contributed by atoms with Crippen LogP contribution in [-0.2, 0) is 0 Å². The average Bonchev–Trinajstić information content (AvgIpc) is 2.78. The number of aromatic nitrogens is 1. The van der Waals surface area contributed by atoms with Crippen LogP contribution in [0.5, 0.6) is 11.5 Å². The average molecular weight is 332 g/mol. The standard InChI is InChI=1S/C11H7BrFNO5/c1-18-10-6(15)2-4(12)8(9(10)13)7-3-5(11(16)17)14-19-7/h2-3,15H,1H3,(H,16,17). The lowest BCUT2D eigenvalue weighted by atomic mass is 10.1. The van der Waals surface area contributed by atoms with Crippen LogP contribution in [0.1, 0.15) is 10.5 Å². The zero-order valence-electron chi connectivity index (χ0n) is 9.48. The van der Waals surface area contributed by atoms with E-state index in [1.807, 2.05) is 0 Å². The second kappa shape index (κ2) is 4.88. The smallest absolute Gasteiger partial charge is 0.358 e. The maximum Gasteiger partial charge on any atom is 0.358 e. The molecule has 0 saturated carbocycles. The number of hydrogen-bond acceptors (Lipinski definition) is 5. The van der Waals surface area contributed by atoms with Crippen LogP contribution in [0.3, 0.4) is 0 Å². The molecule has 1 aromatic heterocycles. The molecule has 6 nitrogen and oxygen atoms in total. The Hall–Kier alpha value is -2.09. The predicted octanol–water partition coefficient (Wildman–Crippen LogP) is 2.66. The minimum absolute atomic E-state index is 0.0883. The molecule has 2 rings (SSSR count). The van der Waals surface area contributed by atoms with Crippen molar-refractivity contribution in [2.75, 3.05) is 7.11 Å². The molecule has 19 heavy (non-hydrogen) atoms. The molecule has 2 N–H and O–H groups in total. The van der Waals surface area contributed by atoms with Crippen LogP contribution in [0.4, 0.5) is 4.39 Å². The van der Waals surface area contributed by atoms with Gasteiger partial charge in [0.25, 0.3) is 0 Å². The van der Waals surface area contributed by atoms with Gasteiger partial charge in [0.2, 0.25) is 0 Å². The van der Waals surface area contributed by atoms with E-state index in [1.165, 1.54) is 13.2 Å². The minimum atomic E-state index is -1.29. The van der Waals surface area contributed by atoms with E-state index in [0.29, 0.717) is 0 Å². The highest BCUT2D eigenvalue weighted by Crippen LogP contribution is 2.41. The summed E-state index contributed by atoms with van der Waals surface area (Å²) in [4.78, 5) is 10.7. The molecule has 0 amide bonds. The second-order valence-electron chi connectivity index (χ2n) is 3.48. The molecule has 8 heteroatoms. The number of nitrogens with zero attached hydrogens (tertiary/aromatic N) is 1. The number of rotatable bonds is 3. The van der Waals surface area contributed by atoms with Crippen molar-refractivity contribution in [2.45, 2.75) is 0 Å². The first-order chi connectivity index (χ1) is 8.95. The van der Waals surface area contributed by atoms with Crippen molar-refractivity contribution in [1.29, 1.82) is 0 Å². The third kappa shape index (κ3) is 2.26. The summed E-state index contributed by atoms with van der Waals surface area (Å²) >= 11 is 3.05. The van der Waals surface area contributed by atoms with Crippen LogP contribution in [0.2, 0.25) is 0 Å². The molecule has 0 saturated heterocycles. The summed E-state index contributed by atoms with van der Waals surface area (Å²) in [6, 6.07) is 2.28. The van der Waals surface area contributed by atoms with E-state index in [-0.39, 0.29) is 27.2 Å². The number of aromatic carboxylic acids is 1. The van der Waals surface area contributed by atoms with Crippen molar-refractivity contribution >= 4 is 21.9 Å². The molecule has 2 aromatic rings. The van der Waals surface area contributed by atoms with E-state index in [4.69, 9.17) is 14.4 Å². The van der Waals surface area contributed by atoms with Gasteiger partial charge in [-0.05, 0) is 22.0 Å². The lowest BCUT2D eigenvalue weighted by Gasteiger charge is -2.09. The van der Waals surface area contributed by atoms with Gasteiger partial charge in [-0.3, -0.25) is 0 Å². The summed E-state index contributed by atoms with van der Waals surface area (Å²) in [5, 5.41) is 21.5. The van der Waals surface area contributed by atoms with Gasteiger partial charge in [-0.15, -0.1) is 0 Å². The third-order valence-corrected chi connectivity index (χ3v) is 2.96. The number of hydrogen-bond donors (Lipinski definition) is 2. The summed E-state index contributed by atoms with van der Waals surface area (Å²) in [5.41, 5.74) is -0.442. The molecule has 0 aliphatic rings. The number of methoxy groups -OCH3 is 1. The maximum absolute atomic E-state index is 14.1. The first-order valence-corrected chi connectivity index (χ1v) is 5.70. The van der Waals surface area contributed by atoms with Gasteiger partial charge in [-0.2, -0.15) is 0 Å². The lowest BCUT2D eigenvalue weighted by molar-refractivity contribution is 0.0686. The van der Waals surface area contributed by atoms with E-state index in [1.54, 1.807) is 0 Å². The minimum Gasteiger partial charge on any atom is -0.504 e. The van der Waals surface area contributed by atoms with Crippen molar-refractivity contribution in [3.8, 4) is 22.8 Å². The van der Waals surface area contributed by atoms with Gasteiger partial charge in [0.15, 0.2) is 28.8 Å². The second-order valence-corrected chi connectivity index (χ2v) is 4.34. The molecule has 0 unspecified atom stereocenters. The summed E-state index contributed by atoms with van der Waals surface area (Å²) < 4.78 is 23.8. The normalized spacial score (nSPS) is 10.5. The number of halogens is 2. The predicted molar refractivity (Wildman–Crippen MR) is 64.8 cm³/mol. The van der Waals surface area contributed by atoms with Crippen molar-refractivity contribution < 1.29 is 28.7 Å². The highest BCUT2D eigenvalue weighted by Gasteiger charge is 2.23. The molecule has 1 heterocycles. The quantitative estimate of drug-likeness (QED) is 0.898. The van der Waals surface area contributed by atoms with Gasteiger partial charge in [0.05, 0.1) is 12.7 Å². The lowest BCUT2D eigenvalue weighted by Crippen LogP contribution is -1.95. The number of aromatic hydroxyl groups is 1. The Morgan fingerprint density at radius 2 is 2.21 bits per heavy atom. The Bertz CT molecular complexity index is 655. The van der Waals surface area contributed by atoms with E-state index >= 15 is 0 Å². The summed E-state index contributed by atoms with van der Waals surface area (Å²) in [7, 11) is 1.19. The molecule has 0 bridgehead atoms. The number of ether oxygens (including phenoxy) is 1. The van der Waals surface area contributed by atoms with Crippen LogP contribution >= 0.6 is 15.9 Å². The Morgan fingerprint density at radius 1 is 1.53 bits per heavy atom. The fourth-order valence-electron chi connectivity index (χ4n) is 1.50. The summed E-state index contributed by atoms with van der Waals surface area (Å²) in [5.74, 6) is -3.04. The van der Waals surface area contributed by atoms with Gasteiger partial charge in [-0.1, -0.05) is 5.16 Å². The fraction of sp³-hybridized carbons (Fsp3) is 0.0909. The van der Waals surface area contributed by atoms with E-state index < -0.39 is 17.5 Å². The largest absolute Gasteiger partial charge is 0.504 e. The van der Waals surface area contributed by atoms with Gasteiger partial charge >= 0.3 is 5.97 Å². The number of carboxylic acids is 1. The number of benzene rings is 1. The fourth-order valence-corrected chi connectivity index (χ4v) is 2.09. The summed E-state index contributed by atoms with van der Waals surface area (Å²) in [6.07, 6.45) is 0. The summed E-state index contributed by atoms with van der Waals surface area (Å²) in [6.45, 7) is 0. The van der Waals surface area contributed by atoms with E-state index in [9.17, 15) is 14.3 Å². The SMILES string of the molecule is COc1c(O)cc(Br)c(-c2cc(C(=O)O)no2)c1F. The molecule has 0 fully saturated rings. The van der Waals surface area contributed by atoms with Crippen molar-refractivity contribution in [3.05, 3.63) is 28.1 Å². The Labute approximate surface area is 114 Å². The number of phenolic OH excluding ortho intramolecular Hbond substituents is 1. The molecule has 1 aromatic carbocycles. The van der Waals surface area contributed by atoms with Crippen LogP contribution in [-0.4, -0.2) is 28.4 Å². The van der Waals surface area contributed by atoms with Crippen LogP contribution in [0, 0.1) is 5.82 Å². The molecule has 0 aliphatic carbocycles. The molecule has 0 radical (unpaired) electrons. The van der Waals surface area contributed by atoms with Crippen molar-refractivity contribution in [3.63, 3.8) is 0 Å². The van der Waals surface area contributed by atoms with Gasteiger partial charge in [0.1, 0.15) is 0 Å². The topological polar surface area (TPSA) is 92.8 Å². The van der Waals surface area contributed by atoms with E-state index in [2.05, 4.69) is 21.1 Å². The number of phenols is 1. The maximum atomic E-state index is 14.1. The molecular weight excluding hydrogens is 325 g/mol. The highest BCUT2D eigenvalue weighted by molar-refractivity contribution is 9.10. The molecular formula is C11H7BrFNO5. The zero-order valence-corrected chi connectivity index (χ0v) is 11.1. The van der Waals surface area contributed by atoms with Crippen LogP contribution < -0.4 is 4.74 Å². The Balaban J connectivity index is 2.64. The molecule has 0 spiro atoms. The van der Waals surface area contributed by atoms with Gasteiger partial charge in [-0.25, -0.2) is 9.18 Å². The van der Waals surface area contributed by atoms with Crippen LogP contribution in [0.25, 0.3) is 11.3 Å². The monoisotopic (exact) mass is 331 g/mol. The number of carbonyl (C=O) groups is 1.